The normalized spacial score (nSPS) is 19.7. The molecule has 3 aliphatic rings. The van der Waals surface area contributed by atoms with Crippen LogP contribution in [0.2, 0.25) is 5.02 Å². The summed E-state index contributed by atoms with van der Waals surface area (Å²) < 4.78 is 56.9. The van der Waals surface area contributed by atoms with Crippen molar-refractivity contribution in [2.75, 3.05) is 42.9 Å². The van der Waals surface area contributed by atoms with Crippen molar-refractivity contribution in [1.82, 2.24) is 25.1 Å². The van der Waals surface area contributed by atoms with Crippen molar-refractivity contribution in [3.8, 4) is 0 Å². The zero-order valence-electron chi connectivity index (χ0n) is 22.6. The number of likely N-dealkylation sites (tertiary alicyclic amines) is 1. The molecule has 4 amide bonds. The third kappa shape index (κ3) is 5.64. The number of carbonyl (C=O) groups is 3. The number of hydrogen-bond donors (Lipinski definition) is 3. The number of benzene rings is 2. The lowest BCUT2D eigenvalue weighted by molar-refractivity contribution is -0.123. The summed E-state index contributed by atoms with van der Waals surface area (Å²) in [5.74, 6) is -4.25. The molecule has 2 atom stereocenters. The van der Waals surface area contributed by atoms with Crippen LogP contribution in [0.25, 0.3) is 0 Å². The van der Waals surface area contributed by atoms with Gasteiger partial charge in [-0.3, -0.25) is 24.7 Å². The van der Waals surface area contributed by atoms with Gasteiger partial charge in [0.05, 0.1) is 17.4 Å². The van der Waals surface area contributed by atoms with E-state index < -0.39 is 47.5 Å². The Bertz CT molecular complexity index is 1630. The Hall–Kier alpha value is -4.17. The first kappa shape index (κ1) is 28.9. The maximum Gasteiger partial charge on any atom is 0.327 e. The number of hydrogen-bond acceptors (Lipinski definition) is 5. The molecule has 0 aliphatic carbocycles. The maximum atomic E-state index is 14.3. The predicted octanol–water partition coefficient (Wildman–Crippen LogP) is 3.54. The number of anilines is 2. The van der Waals surface area contributed by atoms with Crippen LogP contribution in [0.15, 0.2) is 30.3 Å². The Balaban J connectivity index is 1.34. The van der Waals surface area contributed by atoms with Gasteiger partial charge in [-0.2, -0.15) is 0 Å². The molecule has 43 heavy (non-hydrogen) atoms. The Morgan fingerprint density at radius 2 is 1.91 bits per heavy atom. The van der Waals surface area contributed by atoms with Crippen LogP contribution in [0.1, 0.15) is 39.9 Å². The summed E-state index contributed by atoms with van der Waals surface area (Å²) in [6.07, 6.45) is -0.205. The molecular weight excluding hydrogens is 594 g/mol. The van der Waals surface area contributed by atoms with Crippen LogP contribution in [0.4, 0.5) is 33.9 Å². The second kappa shape index (κ2) is 11.5. The topological polar surface area (TPSA) is 112 Å². The van der Waals surface area contributed by atoms with Gasteiger partial charge in [0.15, 0.2) is 17.5 Å². The summed E-state index contributed by atoms with van der Waals surface area (Å²) in [6.45, 7) is 1.20. The molecular formula is C28H26ClF4N7O3. The number of fused-ring (bicyclic) bond motifs is 2. The van der Waals surface area contributed by atoms with Crippen LogP contribution in [-0.4, -0.2) is 71.2 Å². The van der Waals surface area contributed by atoms with E-state index in [1.54, 1.807) is 0 Å². The molecule has 6 rings (SSSR count). The first-order valence-corrected chi connectivity index (χ1v) is 14.0. The summed E-state index contributed by atoms with van der Waals surface area (Å²) in [7, 11) is 0. The predicted molar refractivity (Wildman–Crippen MR) is 148 cm³/mol. The first-order valence-electron chi connectivity index (χ1n) is 13.6. The van der Waals surface area contributed by atoms with E-state index in [2.05, 4.69) is 20.9 Å². The fraction of sp³-hybridized carbons (Fsp3) is 0.357. The lowest BCUT2D eigenvalue weighted by Crippen LogP contribution is -2.42. The summed E-state index contributed by atoms with van der Waals surface area (Å²) in [4.78, 5) is 47.0. The number of halogens is 5. The van der Waals surface area contributed by atoms with Gasteiger partial charge in [-0.1, -0.05) is 11.6 Å². The van der Waals surface area contributed by atoms with E-state index in [1.807, 2.05) is 4.90 Å². The zero-order chi connectivity index (χ0) is 30.4. The smallest absolute Gasteiger partial charge is 0.327 e. The summed E-state index contributed by atoms with van der Waals surface area (Å²) in [5, 5.41) is 8.20. The van der Waals surface area contributed by atoms with Gasteiger partial charge in [0.25, 0.3) is 5.91 Å². The minimum atomic E-state index is -1.11. The number of amides is 4. The lowest BCUT2D eigenvalue weighted by atomic mass is 10.0. The van der Waals surface area contributed by atoms with E-state index in [0.29, 0.717) is 25.1 Å². The highest BCUT2D eigenvalue weighted by molar-refractivity contribution is 6.31. The minimum absolute atomic E-state index is 0.115. The van der Waals surface area contributed by atoms with Crippen LogP contribution in [-0.2, 0) is 17.8 Å². The van der Waals surface area contributed by atoms with Crippen LogP contribution >= 0.6 is 11.6 Å². The van der Waals surface area contributed by atoms with Gasteiger partial charge in [0.2, 0.25) is 11.7 Å². The van der Waals surface area contributed by atoms with E-state index in [4.69, 9.17) is 11.6 Å². The molecule has 3 N–H and O–H groups in total. The van der Waals surface area contributed by atoms with E-state index in [0.717, 1.165) is 24.3 Å². The molecule has 15 heteroatoms. The monoisotopic (exact) mass is 619 g/mol. The molecule has 0 spiro atoms. The Kier molecular flexibility index (Phi) is 7.73. The quantitative estimate of drug-likeness (QED) is 0.366. The van der Waals surface area contributed by atoms with Gasteiger partial charge in [-0.05, 0) is 42.7 Å². The largest absolute Gasteiger partial charge is 0.348 e. The first-order chi connectivity index (χ1) is 20.6. The average molecular weight is 620 g/mol. The van der Waals surface area contributed by atoms with E-state index in [9.17, 15) is 31.9 Å². The number of urea groups is 1. The third-order valence-corrected chi connectivity index (χ3v) is 8.12. The number of carbonyl (C=O) groups excluding carboxylic acids is 3. The van der Waals surface area contributed by atoms with Gasteiger partial charge >= 0.3 is 6.03 Å². The highest BCUT2D eigenvalue weighted by atomic mass is 35.5. The Morgan fingerprint density at radius 1 is 1.12 bits per heavy atom. The van der Waals surface area contributed by atoms with Gasteiger partial charge < -0.3 is 15.2 Å². The number of aromatic nitrogens is 2. The van der Waals surface area contributed by atoms with Gasteiger partial charge in [-0.15, -0.1) is 0 Å². The molecule has 4 heterocycles. The molecule has 226 valence electrons. The standard InChI is InChI=1S/C28H26ClF4N7O3/c29-18-2-1-15(30)10-17(18)23-24-25(37-28(43)39-7-3-14-9-19(32)20(33)11-21(14)39)36-26(40(24)13-22(41)35-23)27(42)34-5-8-38-6-4-16(31)12-38/h1-2,9-11,16,23H,3-8,12-13H2,(H,34,42)(H,35,41)(H,37,43)/t16-,23-/m0/s1. The molecule has 2 aromatic carbocycles. The van der Waals surface area contributed by atoms with Gasteiger partial charge in [0.1, 0.15) is 18.5 Å². The Morgan fingerprint density at radius 3 is 2.67 bits per heavy atom. The molecule has 1 aromatic heterocycles. The van der Waals surface area contributed by atoms with Crippen molar-refractivity contribution in [2.45, 2.75) is 31.6 Å². The molecule has 0 unspecified atom stereocenters. The highest BCUT2D eigenvalue weighted by Crippen LogP contribution is 2.37. The maximum absolute atomic E-state index is 14.3. The van der Waals surface area contributed by atoms with Crippen molar-refractivity contribution in [3.05, 3.63) is 75.5 Å². The van der Waals surface area contributed by atoms with Gasteiger partial charge in [-0.25, -0.2) is 27.3 Å². The lowest BCUT2D eigenvalue weighted by Gasteiger charge is -2.28. The molecule has 3 aliphatic heterocycles. The van der Waals surface area contributed by atoms with Crippen LogP contribution in [0.3, 0.4) is 0 Å². The van der Waals surface area contributed by atoms with Crippen molar-refractivity contribution in [1.29, 1.82) is 0 Å². The van der Waals surface area contributed by atoms with E-state index in [-0.39, 0.29) is 66.2 Å². The van der Waals surface area contributed by atoms with Crippen molar-refractivity contribution < 1.29 is 31.9 Å². The number of alkyl halides is 1. The van der Waals surface area contributed by atoms with Crippen LogP contribution in [0, 0.1) is 17.5 Å². The minimum Gasteiger partial charge on any atom is -0.348 e. The van der Waals surface area contributed by atoms with Crippen molar-refractivity contribution in [2.24, 2.45) is 0 Å². The van der Waals surface area contributed by atoms with Crippen LogP contribution in [0.5, 0.6) is 0 Å². The number of imidazole rings is 1. The van der Waals surface area contributed by atoms with Crippen molar-refractivity contribution >= 4 is 41.0 Å². The fourth-order valence-electron chi connectivity index (χ4n) is 5.72. The molecule has 0 radical (unpaired) electrons. The summed E-state index contributed by atoms with van der Waals surface area (Å²) in [5.41, 5.74) is 0.944. The van der Waals surface area contributed by atoms with Gasteiger partial charge in [0, 0.05) is 49.4 Å². The second-order valence-corrected chi connectivity index (χ2v) is 11.0. The summed E-state index contributed by atoms with van der Waals surface area (Å²) in [6, 6.07) is 3.71. The number of nitrogens with one attached hydrogen (secondary N) is 3. The molecule has 0 bridgehead atoms. The third-order valence-electron chi connectivity index (χ3n) is 7.78. The molecule has 10 nitrogen and oxygen atoms in total. The zero-order valence-corrected chi connectivity index (χ0v) is 23.4. The SMILES string of the molecule is O=C1Cn2c(C(=O)NCCN3CC[C@H](F)C3)nc(NC(=O)N3CCc4cc(F)c(F)cc43)c2[C@H](c2cc(F)ccc2Cl)N1. The van der Waals surface area contributed by atoms with Crippen molar-refractivity contribution in [3.63, 3.8) is 0 Å². The Labute approximate surface area is 248 Å². The van der Waals surface area contributed by atoms with E-state index >= 15 is 0 Å². The molecule has 3 aromatic rings. The van der Waals surface area contributed by atoms with Crippen LogP contribution < -0.4 is 20.9 Å². The molecule has 1 fully saturated rings. The fourth-order valence-corrected chi connectivity index (χ4v) is 5.95. The number of nitrogens with zero attached hydrogens (tertiary/aromatic N) is 4. The molecule has 1 saturated heterocycles. The summed E-state index contributed by atoms with van der Waals surface area (Å²) >= 11 is 6.38. The second-order valence-electron chi connectivity index (χ2n) is 10.6. The number of rotatable bonds is 6. The van der Waals surface area contributed by atoms with E-state index in [1.165, 1.54) is 15.5 Å². The average Bonchev–Trinajstić information content (AvgIpc) is 3.67. The highest BCUT2D eigenvalue weighted by Gasteiger charge is 2.37. The molecule has 0 saturated carbocycles.